The van der Waals surface area contributed by atoms with Crippen molar-refractivity contribution in [1.29, 1.82) is 0 Å². The number of amides is 1. The fourth-order valence-electron chi connectivity index (χ4n) is 2.14. The molecule has 0 radical (unpaired) electrons. The maximum atomic E-state index is 12.5. The SMILES string of the molecule is C[C@H](OC(=O)c1ccccc1CSC1=NCCS1)C(=O)NC(C)(C)C. The van der Waals surface area contributed by atoms with Crippen LogP contribution in [0.15, 0.2) is 29.3 Å². The first-order valence-electron chi connectivity index (χ1n) is 8.17. The van der Waals surface area contributed by atoms with E-state index in [0.29, 0.717) is 11.3 Å². The Balaban J connectivity index is 1.99. The highest BCUT2D eigenvalue weighted by atomic mass is 32.2. The smallest absolute Gasteiger partial charge is 0.339 e. The van der Waals surface area contributed by atoms with Crippen molar-refractivity contribution in [3.8, 4) is 0 Å². The topological polar surface area (TPSA) is 67.8 Å². The fraction of sp³-hybridized carbons (Fsp3) is 0.500. The number of carbonyl (C=O) groups excluding carboxylic acids is 2. The first-order valence-corrected chi connectivity index (χ1v) is 10.1. The standard InChI is InChI=1S/C18H24N2O3S2/c1-12(15(21)20-18(2,3)4)23-16(22)14-8-6-5-7-13(14)11-25-17-19-9-10-24-17/h5-8,12H,9-11H2,1-4H3,(H,20,21)/t12-/m0/s1. The van der Waals surface area contributed by atoms with Gasteiger partial charge in [-0.05, 0) is 39.3 Å². The molecule has 0 unspecified atom stereocenters. The van der Waals surface area contributed by atoms with E-state index in [1.807, 2.05) is 32.9 Å². The summed E-state index contributed by atoms with van der Waals surface area (Å²) in [5.41, 5.74) is 1.01. The van der Waals surface area contributed by atoms with Gasteiger partial charge in [0.05, 0.1) is 12.1 Å². The van der Waals surface area contributed by atoms with Crippen molar-refractivity contribution in [3.63, 3.8) is 0 Å². The highest BCUT2D eigenvalue weighted by molar-refractivity contribution is 8.38. The summed E-state index contributed by atoms with van der Waals surface area (Å²) in [5, 5.41) is 2.81. The molecular formula is C18H24N2O3S2. The third-order valence-corrected chi connectivity index (χ3v) is 5.60. The molecule has 7 heteroatoms. The van der Waals surface area contributed by atoms with E-state index in [9.17, 15) is 9.59 Å². The predicted molar refractivity (Wildman–Crippen MR) is 105 cm³/mol. The van der Waals surface area contributed by atoms with Crippen LogP contribution >= 0.6 is 23.5 Å². The highest BCUT2D eigenvalue weighted by Crippen LogP contribution is 2.26. The molecule has 0 saturated carbocycles. The normalized spacial score (nSPS) is 15.4. The van der Waals surface area contributed by atoms with Crippen LogP contribution in [0.5, 0.6) is 0 Å². The van der Waals surface area contributed by atoms with Crippen molar-refractivity contribution in [3.05, 3.63) is 35.4 Å². The highest BCUT2D eigenvalue weighted by Gasteiger charge is 2.24. The molecule has 1 aliphatic rings. The quantitative estimate of drug-likeness (QED) is 0.792. The summed E-state index contributed by atoms with van der Waals surface area (Å²) in [5.74, 6) is 0.893. The molecule has 5 nitrogen and oxygen atoms in total. The van der Waals surface area contributed by atoms with Crippen LogP contribution in [0.25, 0.3) is 0 Å². The van der Waals surface area contributed by atoms with E-state index in [1.165, 1.54) is 0 Å². The minimum Gasteiger partial charge on any atom is -0.449 e. The number of esters is 1. The van der Waals surface area contributed by atoms with E-state index < -0.39 is 12.1 Å². The van der Waals surface area contributed by atoms with Crippen molar-refractivity contribution in [2.24, 2.45) is 4.99 Å². The Morgan fingerprint density at radius 3 is 2.72 bits per heavy atom. The Hall–Kier alpha value is -1.47. The third-order valence-electron chi connectivity index (χ3n) is 3.30. The molecule has 1 aromatic rings. The largest absolute Gasteiger partial charge is 0.449 e. The molecule has 0 bridgehead atoms. The molecule has 0 saturated heterocycles. The Kier molecular flexibility index (Phi) is 6.95. The van der Waals surface area contributed by atoms with Crippen LogP contribution in [-0.2, 0) is 15.3 Å². The first-order chi connectivity index (χ1) is 11.8. The van der Waals surface area contributed by atoms with Gasteiger partial charge in [-0.3, -0.25) is 9.79 Å². The van der Waals surface area contributed by atoms with Crippen LogP contribution in [0.3, 0.4) is 0 Å². The molecule has 1 aromatic carbocycles. The summed E-state index contributed by atoms with van der Waals surface area (Å²) in [4.78, 5) is 29.0. The van der Waals surface area contributed by atoms with Crippen LogP contribution in [0.1, 0.15) is 43.6 Å². The number of benzene rings is 1. The van der Waals surface area contributed by atoms with Crippen molar-refractivity contribution < 1.29 is 14.3 Å². The second-order valence-electron chi connectivity index (χ2n) is 6.73. The summed E-state index contributed by atoms with van der Waals surface area (Å²) < 4.78 is 6.42. The van der Waals surface area contributed by atoms with Crippen molar-refractivity contribution in [2.45, 2.75) is 45.1 Å². The Labute approximate surface area is 157 Å². The molecule has 1 atom stereocenters. The summed E-state index contributed by atoms with van der Waals surface area (Å²) in [6.45, 7) is 8.10. The van der Waals surface area contributed by atoms with Gasteiger partial charge < -0.3 is 10.1 Å². The van der Waals surface area contributed by atoms with Crippen LogP contribution in [-0.4, -0.2) is 40.2 Å². The molecular weight excluding hydrogens is 356 g/mol. The molecule has 0 aromatic heterocycles. The van der Waals surface area contributed by atoms with E-state index in [4.69, 9.17) is 4.74 Å². The summed E-state index contributed by atoms with van der Waals surface area (Å²) in [6, 6.07) is 7.33. The Morgan fingerprint density at radius 1 is 1.36 bits per heavy atom. The average Bonchev–Trinajstić information content (AvgIpc) is 3.05. The lowest BCUT2D eigenvalue weighted by Crippen LogP contribution is -2.46. The van der Waals surface area contributed by atoms with Gasteiger partial charge in [-0.25, -0.2) is 4.79 Å². The number of hydrogen-bond acceptors (Lipinski definition) is 6. The predicted octanol–water partition coefficient (Wildman–Crippen LogP) is 3.48. The number of nitrogens with one attached hydrogen (secondary N) is 1. The number of carbonyl (C=O) groups is 2. The van der Waals surface area contributed by atoms with Gasteiger partial charge in [-0.1, -0.05) is 41.7 Å². The third kappa shape index (κ3) is 6.40. The molecule has 25 heavy (non-hydrogen) atoms. The van der Waals surface area contributed by atoms with E-state index in [2.05, 4.69) is 10.3 Å². The molecule has 1 amide bonds. The molecule has 1 N–H and O–H groups in total. The van der Waals surface area contributed by atoms with Crippen LogP contribution in [0.2, 0.25) is 0 Å². The van der Waals surface area contributed by atoms with Crippen LogP contribution in [0, 0.1) is 0 Å². The zero-order chi connectivity index (χ0) is 18.4. The maximum Gasteiger partial charge on any atom is 0.339 e. The second kappa shape index (κ2) is 8.76. The lowest BCUT2D eigenvalue weighted by Gasteiger charge is -2.23. The van der Waals surface area contributed by atoms with Gasteiger partial charge in [0.25, 0.3) is 5.91 Å². The van der Waals surface area contributed by atoms with Gasteiger partial charge in [0, 0.05) is 17.0 Å². The summed E-state index contributed by atoms with van der Waals surface area (Å²) in [6.07, 6.45) is -0.845. The molecule has 1 heterocycles. The van der Waals surface area contributed by atoms with Crippen molar-refractivity contribution in [1.82, 2.24) is 5.32 Å². The van der Waals surface area contributed by atoms with Crippen molar-refractivity contribution >= 4 is 39.8 Å². The first kappa shape index (κ1) is 19.8. The van der Waals surface area contributed by atoms with Crippen LogP contribution < -0.4 is 5.32 Å². The van der Waals surface area contributed by atoms with Gasteiger partial charge in [-0.2, -0.15) is 0 Å². The molecule has 0 spiro atoms. The van der Waals surface area contributed by atoms with Gasteiger partial charge in [-0.15, -0.1) is 0 Å². The number of ether oxygens (including phenoxy) is 1. The minimum atomic E-state index is -0.845. The number of hydrogen-bond donors (Lipinski definition) is 1. The van der Waals surface area contributed by atoms with Gasteiger partial charge >= 0.3 is 5.97 Å². The van der Waals surface area contributed by atoms with E-state index >= 15 is 0 Å². The molecule has 136 valence electrons. The van der Waals surface area contributed by atoms with E-state index in [-0.39, 0.29) is 11.4 Å². The zero-order valence-corrected chi connectivity index (χ0v) is 16.6. The average molecular weight is 381 g/mol. The van der Waals surface area contributed by atoms with Gasteiger partial charge in [0.15, 0.2) is 6.10 Å². The minimum absolute atomic E-state index is 0.301. The monoisotopic (exact) mass is 380 g/mol. The van der Waals surface area contributed by atoms with Gasteiger partial charge in [0.2, 0.25) is 0 Å². The number of nitrogens with zero attached hydrogens (tertiary/aromatic N) is 1. The maximum absolute atomic E-state index is 12.5. The molecule has 0 fully saturated rings. The Bertz CT molecular complexity index is 669. The number of thioether (sulfide) groups is 2. The second-order valence-corrected chi connectivity index (χ2v) is 9.03. The Morgan fingerprint density at radius 2 is 2.08 bits per heavy atom. The lowest BCUT2D eigenvalue weighted by molar-refractivity contribution is -0.130. The molecule has 0 aliphatic carbocycles. The number of aliphatic imine (C=N–C) groups is 1. The molecule has 1 aliphatic heterocycles. The van der Waals surface area contributed by atoms with E-state index in [1.54, 1.807) is 42.6 Å². The number of rotatable bonds is 5. The summed E-state index contributed by atoms with van der Waals surface area (Å²) in [7, 11) is 0. The van der Waals surface area contributed by atoms with E-state index in [0.717, 1.165) is 22.2 Å². The van der Waals surface area contributed by atoms with Crippen molar-refractivity contribution in [2.75, 3.05) is 12.3 Å². The zero-order valence-electron chi connectivity index (χ0n) is 15.0. The summed E-state index contributed by atoms with van der Waals surface area (Å²) >= 11 is 3.37. The lowest BCUT2D eigenvalue weighted by atomic mass is 10.1. The van der Waals surface area contributed by atoms with Crippen LogP contribution in [0.4, 0.5) is 0 Å². The molecule has 2 rings (SSSR count). The van der Waals surface area contributed by atoms with Gasteiger partial charge in [0.1, 0.15) is 4.38 Å². The fourth-order valence-corrected chi connectivity index (χ4v) is 4.15.